The van der Waals surface area contributed by atoms with Gasteiger partial charge in [0.25, 0.3) is 5.91 Å². The first-order valence-electron chi connectivity index (χ1n) is 11.8. The van der Waals surface area contributed by atoms with Crippen molar-refractivity contribution in [2.75, 3.05) is 46.1 Å². The van der Waals surface area contributed by atoms with Crippen molar-refractivity contribution in [2.24, 2.45) is 0 Å². The largest absolute Gasteiger partial charge is 0.490 e. The van der Waals surface area contributed by atoms with Crippen LogP contribution in [-0.2, 0) is 14.8 Å². The number of aryl methyl sites for hydroxylation is 1. The SMILES string of the molecule is Cc1ccc(S(=O)(=O)N2CCOCC2)cc1C(=O)N1CCCC1c1ccc2c(c1)OCCCO2. The zero-order valence-electron chi connectivity index (χ0n) is 19.4. The normalized spacial score (nSPS) is 21.3. The van der Waals surface area contributed by atoms with E-state index in [1.807, 2.05) is 30.0 Å². The molecule has 5 rings (SSSR count). The van der Waals surface area contributed by atoms with Crippen LogP contribution in [0.25, 0.3) is 0 Å². The molecule has 1 unspecified atom stereocenters. The summed E-state index contributed by atoms with van der Waals surface area (Å²) in [7, 11) is -3.69. The summed E-state index contributed by atoms with van der Waals surface area (Å²) in [5.41, 5.74) is 2.19. The Hall–Kier alpha value is -2.62. The molecule has 0 aliphatic carbocycles. The molecule has 3 heterocycles. The smallest absolute Gasteiger partial charge is 0.254 e. The maximum atomic E-state index is 13.7. The number of nitrogens with zero attached hydrogens (tertiary/aromatic N) is 2. The molecule has 0 aromatic heterocycles. The van der Waals surface area contributed by atoms with E-state index in [4.69, 9.17) is 14.2 Å². The highest BCUT2D eigenvalue weighted by Crippen LogP contribution is 2.39. The van der Waals surface area contributed by atoms with Crippen LogP contribution < -0.4 is 9.47 Å². The van der Waals surface area contributed by atoms with E-state index in [1.54, 1.807) is 12.1 Å². The van der Waals surface area contributed by atoms with Crippen molar-refractivity contribution in [3.8, 4) is 11.5 Å². The van der Waals surface area contributed by atoms with Gasteiger partial charge in [0.05, 0.1) is 37.4 Å². The minimum atomic E-state index is -3.69. The zero-order valence-corrected chi connectivity index (χ0v) is 20.2. The van der Waals surface area contributed by atoms with Gasteiger partial charge in [-0.1, -0.05) is 12.1 Å². The van der Waals surface area contributed by atoms with E-state index in [0.717, 1.165) is 36.1 Å². The molecule has 0 bridgehead atoms. The van der Waals surface area contributed by atoms with Gasteiger partial charge < -0.3 is 19.1 Å². The van der Waals surface area contributed by atoms with Gasteiger partial charge in [0.2, 0.25) is 10.0 Å². The molecule has 3 aliphatic rings. The van der Waals surface area contributed by atoms with Gasteiger partial charge in [0, 0.05) is 31.6 Å². The fraction of sp³-hybridized carbons (Fsp3) is 0.480. The average molecular weight is 487 g/mol. The highest BCUT2D eigenvalue weighted by Gasteiger charge is 2.33. The van der Waals surface area contributed by atoms with Crippen LogP contribution in [0.1, 0.15) is 46.8 Å². The Bertz CT molecular complexity index is 1180. The molecule has 0 N–H and O–H groups in total. The van der Waals surface area contributed by atoms with Crippen LogP contribution in [0.15, 0.2) is 41.3 Å². The van der Waals surface area contributed by atoms with Gasteiger partial charge in [-0.3, -0.25) is 4.79 Å². The third-order valence-electron chi connectivity index (χ3n) is 6.72. The molecule has 2 aromatic rings. The molecule has 8 nitrogen and oxygen atoms in total. The Balaban J connectivity index is 1.43. The fourth-order valence-electron chi connectivity index (χ4n) is 4.83. The molecule has 3 aliphatic heterocycles. The predicted molar refractivity (Wildman–Crippen MR) is 126 cm³/mol. The van der Waals surface area contributed by atoms with Gasteiger partial charge in [0.1, 0.15) is 0 Å². The van der Waals surface area contributed by atoms with E-state index >= 15 is 0 Å². The number of likely N-dealkylation sites (tertiary alicyclic amines) is 1. The Morgan fingerprint density at radius 2 is 1.68 bits per heavy atom. The Morgan fingerprint density at radius 3 is 2.47 bits per heavy atom. The summed E-state index contributed by atoms with van der Waals surface area (Å²) < 4.78 is 44.6. The molecule has 0 radical (unpaired) electrons. The second kappa shape index (κ2) is 9.56. The minimum Gasteiger partial charge on any atom is -0.490 e. The van der Waals surface area contributed by atoms with Crippen molar-refractivity contribution >= 4 is 15.9 Å². The van der Waals surface area contributed by atoms with Gasteiger partial charge in [-0.25, -0.2) is 8.42 Å². The number of rotatable bonds is 4. The number of ether oxygens (including phenoxy) is 3. The van der Waals surface area contributed by atoms with E-state index < -0.39 is 10.0 Å². The van der Waals surface area contributed by atoms with E-state index in [9.17, 15) is 13.2 Å². The number of amides is 1. The van der Waals surface area contributed by atoms with Crippen molar-refractivity contribution < 1.29 is 27.4 Å². The van der Waals surface area contributed by atoms with E-state index in [1.165, 1.54) is 10.4 Å². The van der Waals surface area contributed by atoms with E-state index in [2.05, 4.69) is 0 Å². The van der Waals surface area contributed by atoms with Crippen LogP contribution in [-0.4, -0.2) is 69.6 Å². The topological polar surface area (TPSA) is 85.4 Å². The number of benzene rings is 2. The molecule has 0 saturated carbocycles. The summed E-state index contributed by atoms with van der Waals surface area (Å²) >= 11 is 0. The van der Waals surface area contributed by atoms with Crippen molar-refractivity contribution in [3.05, 3.63) is 53.1 Å². The van der Waals surface area contributed by atoms with Crippen LogP contribution in [0.2, 0.25) is 0 Å². The second-order valence-electron chi connectivity index (χ2n) is 8.91. The van der Waals surface area contributed by atoms with Crippen molar-refractivity contribution in [1.29, 1.82) is 0 Å². The molecule has 2 fully saturated rings. The zero-order chi connectivity index (χ0) is 23.7. The van der Waals surface area contributed by atoms with Crippen molar-refractivity contribution in [1.82, 2.24) is 9.21 Å². The quantitative estimate of drug-likeness (QED) is 0.660. The van der Waals surface area contributed by atoms with Gasteiger partial charge >= 0.3 is 0 Å². The molecule has 1 atom stereocenters. The van der Waals surface area contributed by atoms with Crippen molar-refractivity contribution in [2.45, 2.75) is 37.1 Å². The first-order chi connectivity index (χ1) is 16.4. The summed E-state index contributed by atoms with van der Waals surface area (Å²) in [4.78, 5) is 15.7. The molecule has 9 heteroatoms. The third-order valence-corrected chi connectivity index (χ3v) is 8.61. The first kappa shape index (κ1) is 23.1. The van der Waals surface area contributed by atoms with Crippen LogP contribution >= 0.6 is 0 Å². The van der Waals surface area contributed by atoms with E-state index in [-0.39, 0.29) is 16.8 Å². The monoisotopic (exact) mass is 486 g/mol. The van der Waals surface area contributed by atoms with Gasteiger partial charge in [-0.05, 0) is 55.2 Å². The highest BCUT2D eigenvalue weighted by molar-refractivity contribution is 7.89. The Labute approximate surface area is 200 Å². The molecular weight excluding hydrogens is 456 g/mol. The summed E-state index contributed by atoms with van der Waals surface area (Å²) in [6.07, 6.45) is 2.56. The molecular formula is C25H30N2O6S. The van der Waals surface area contributed by atoms with Crippen LogP contribution in [0.3, 0.4) is 0 Å². The number of hydrogen-bond donors (Lipinski definition) is 0. The summed E-state index contributed by atoms with van der Waals surface area (Å²) in [5, 5.41) is 0. The third kappa shape index (κ3) is 4.39. The Morgan fingerprint density at radius 1 is 0.912 bits per heavy atom. The molecule has 2 saturated heterocycles. The second-order valence-corrected chi connectivity index (χ2v) is 10.8. The minimum absolute atomic E-state index is 0.0939. The number of morpholine rings is 1. The molecule has 0 spiro atoms. The van der Waals surface area contributed by atoms with Gasteiger partial charge in [0.15, 0.2) is 11.5 Å². The average Bonchev–Trinajstić information content (AvgIpc) is 3.23. The maximum Gasteiger partial charge on any atom is 0.254 e. The van der Waals surface area contributed by atoms with Crippen LogP contribution in [0.4, 0.5) is 0 Å². The standard InChI is InChI=1S/C25H30N2O6S/c1-18-5-7-20(34(29,30)26-10-14-31-15-11-26)17-21(18)25(28)27-9-2-4-22(27)19-6-8-23-24(16-19)33-13-3-12-32-23/h5-8,16-17,22H,2-4,9-15H2,1H3. The van der Waals surface area contributed by atoms with Crippen molar-refractivity contribution in [3.63, 3.8) is 0 Å². The molecule has 182 valence electrons. The predicted octanol–water partition coefficient (Wildman–Crippen LogP) is 3.15. The lowest BCUT2D eigenvalue weighted by molar-refractivity contribution is 0.0727. The lowest BCUT2D eigenvalue weighted by Crippen LogP contribution is -2.40. The number of hydrogen-bond acceptors (Lipinski definition) is 6. The highest BCUT2D eigenvalue weighted by atomic mass is 32.2. The maximum absolute atomic E-state index is 13.7. The lowest BCUT2D eigenvalue weighted by Gasteiger charge is -2.28. The van der Waals surface area contributed by atoms with Gasteiger partial charge in [-0.15, -0.1) is 0 Å². The molecule has 1 amide bonds. The van der Waals surface area contributed by atoms with Crippen LogP contribution in [0.5, 0.6) is 11.5 Å². The summed E-state index contributed by atoms with van der Waals surface area (Å²) in [6.45, 7) is 5.09. The van der Waals surface area contributed by atoms with Crippen LogP contribution in [0, 0.1) is 6.92 Å². The summed E-state index contributed by atoms with van der Waals surface area (Å²) in [6, 6.07) is 10.6. The number of fused-ring (bicyclic) bond motifs is 1. The van der Waals surface area contributed by atoms with Gasteiger partial charge in [-0.2, -0.15) is 4.31 Å². The molecule has 2 aromatic carbocycles. The number of sulfonamides is 1. The molecule has 34 heavy (non-hydrogen) atoms. The number of carbonyl (C=O) groups excluding carboxylic acids is 1. The lowest BCUT2D eigenvalue weighted by atomic mass is 10.0. The number of carbonyl (C=O) groups is 1. The van der Waals surface area contributed by atoms with E-state index in [0.29, 0.717) is 57.4 Å². The first-order valence-corrected chi connectivity index (χ1v) is 13.3. The summed E-state index contributed by atoms with van der Waals surface area (Å²) in [5.74, 6) is 1.30. The fourth-order valence-corrected chi connectivity index (χ4v) is 6.26. The Kier molecular flexibility index (Phi) is 6.50.